The number of rotatable bonds is 5. The van der Waals surface area contributed by atoms with E-state index in [1.54, 1.807) is 0 Å². The number of aryl methyl sites for hydroxylation is 2. The monoisotopic (exact) mass is 259 g/mol. The lowest BCUT2D eigenvalue weighted by Gasteiger charge is -2.33. The molecule has 1 N–H and O–H groups in total. The highest BCUT2D eigenvalue weighted by Crippen LogP contribution is 2.32. The minimum atomic E-state index is 0.698. The molecule has 0 spiro atoms. The lowest BCUT2D eigenvalue weighted by molar-refractivity contribution is 0.221. The van der Waals surface area contributed by atoms with E-state index in [2.05, 4.69) is 50.5 Å². The van der Waals surface area contributed by atoms with Crippen LogP contribution in [0.1, 0.15) is 50.2 Å². The SMILES string of the molecule is CNC(CCc1ccc(C)cc1)C1CCCC(C)C1. The molecule has 1 aliphatic rings. The van der Waals surface area contributed by atoms with Crippen molar-refractivity contribution in [2.45, 2.75) is 58.4 Å². The van der Waals surface area contributed by atoms with Gasteiger partial charge in [-0.15, -0.1) is 0 Å². The van der Waals surface area contributed by atoms with E-state index in [0.717, 1.165) is 11.8 Å². The van der Waals surface area contributed by atoms with Crippen LogP contribution in [0.25, 0.3) is 0 Å². The van der Waals surface area contributed by atoms with Gasteiger partial charge in [-0.2, -0.15) is 0 Å². The maximum Gasteiger partial charge on any atom is 0.00955 e. The zero-order valence-corrected chi connectivity index (χ0v) is 12.8. The first-order valence-electron chi connectivity index (χ1n) is 7.92. The molecule has 0 aromatic heterocycles. The van der Waals surface area contributed by atoms with E-state index in [1.165, 1.54) is 49.7 Å². The smallest absolute Gasteiger partial charge is 0.00955 e. The Bertz CT molecular complexity index is 368. The van der Waals surface area contributed by atoms with Crippen molar-refractivity contribution in [1.29, 1.82) is 0 Å². The van der Waals surface area contributed by atoms with Gasteiger partial charge in [0.1, 0.15) is 0 Å². The molecule has 19 heavy (non-hydrogen) atoms. The largest absolute Gasteiger partial charge is 0.317 e. The van der Waals surface area contributed by atoms with Crippen molar-refractivity contribution in [2.75, 3.05) is 7.05 Å². The molecule has 1 saturated carbocycles. The van der Waals surface area contributed by atoms with Gasteiger partial charge < -0.3 is 5.32 Å². The van der Waals surface area contributed by atoms with E-state index < -0.39 is 0 Å². The van der Waals surface area contributed by atoms with E-state index >= 15 is 0 Å². The molecule has 1 aromatic carbocycles. The minimum Gasteiger partial charge on any atom is -0.317 e. The molecule has 1 fully saturated rings. The van der Waals surface area contributed by atoms with E-state index in [4.69, 9.17) is 0 Å². The summed E-state index contributed by atoms with van der Waals surface area (Å²) in [7, 11) is 2.14. The third kappa shape index (κ3) is 4.35. The van der Waals surface area contributed by atoms with Crippen molar-refractivity contribution in [3.8, 4) is 0 Å². The van der Waals surface area contributed by atoms with Crippen molar-refractivity contribution < 1.29 is 0 Å². The Morgan fingerprint density at radius 3 is 2.58 bits per heavy atom. The van der Waals surface area contributed by atoms with Gasteiger partial charge in [0.2, 0.25) is 0 Å². The predicted octanol–water partition coefficient (Wildman–Crippen LogP) is 4.34. The van der Waals surface area contributed by atoms with Gasteiger partial charge in [-0.25, -0.2) is 0 Å². The Morgan fingerprint density at radius 1 is 1.21 bits per heavy atom. The Balaban J connectivity index is 1.86. The van der Waals surface area contributed by atoms with Crippen LogP contribution in [0.15, 0.2) is 24.3 Å². The first kappa shape index (κ1) is 14.6. The van der Waals surface area contributed by atoms with Crippen LogP contribution in [0.3, 0.4) is 0 Å². The van der Waals surface area contributed by atoms with Gasteiger partial charge in [0.05, 0.1) is 0 Å². The predicted molar refractivity (Wildman–Crippen MR) is 83.5 cm³/mol. The van der Waals surface area contributed by atoms with E-state index in [0.29, 0.717) is 6.04 Å². The molecule has 0 bridgehead atoms. The highest BCUT2D eigenvalue weighted by Gasteiger charge is 2.25. The number of benzene rings is 1. The number of nitrogens with one attached hydrogen (secondary N) is 1. The highest BCUT2D eigenvalue weighted by molar-refractivity contribution is 5.21. The van der Waals surface area contributed by atoms with Gasteiger partial charge in [-0.1, -0.05) is 49.6 Å². The number of hydrogen-bond acceptors (Lipinski definition) is 1. The van der Waals surface area contributed by atoms with Crippen molar-refractivity contribution in [1.82, 2.24) is 5.32 Å². The maximum absolute atomic E-state index is 3.57. The third-order valence-electron chi connectivity index (χ3n) is 4.78. The van der Waals surface area contributed by atoms with Gasteiger partial charge in [0.25, 0.3) is 0 Å². The Kier molecular flexibility index (Phi) is 5.45. The number of hydrogen-bond donors (Lipinski definition) is 1. The van der Waals surface area contributed by atoms with Gasteiger partial charge in [0.15, 0.2) is 0 Å². The van der Waals surface area contributed by atoms with Crippen LogP contribution in [0.4, 0.5) is 0 Å². The summed E-state index contributed by atoms with van der Waals surface area (Å²) in [5.41, 5.74) is 2.84. The van der Waals surface area contributed by atoms with E-state index in [-0.39, 0.29) is 0 Å². The molecule has 1 nitrogen and oxygen atoms in total. The summed E-state index contributed by atoms with van der Waals surface area (Å²) in [5.74, 6) is 1.81. The van der Waals surface area contributed by atoms with Gasteiger partial charge >= 0.3 is 0 Å². The molecule has 1 heteroatoms. The molecule has 0 saturated heterocycles. The molecule has 0 aliphatic heterocycles. The molecular formula is C18H29N. The van der Waals surface area contributed by atoms with Crippen LogP contribution in [-0.2, 0) is 6.42 Å². The molecular weight excluding hydrogens is 230 g/mol. The summed E-state index contributed by atoms with van der Waals surface area (Å²) in [5, 5.41) is 3.57. The summed E-state index contributed by atoms with van der Waals surface area (Å²) >= 11 is 0. The van der Waals surface area contributed by atoms with Crippen molar-refractivity contribution in [3.63, 3.8) is 0 Å². The van der Waals surface area contributed by atoms with Crippen molar-refractivity contribution in [3.05, 3.63) is 35.4 Å². The molecule has 1 aromatic rings. The summed E-state index contributed by atoms with van der Waals surface area (Å²) in [6.45, 7) is 4.57. The fourth-order valence-electron chi connectivity index (χ4n) is 3.54. The molecule has 2 rings (SSSR count). The Hall–Kier alpha value is -0.820. The third-order valence-corrected chi connectivity index (χ3v) is 4.78. The zero-order chi connectivity index (χ0) is 13.7. The highest BCUT2D eigenvalue weighted by atomic mass is 14.9. The fraction of sp³-hybridized carbons (Fsp3) is 0.667. The summed E-state index contributed by atoms with van der Waals surface area (Å²) in [6.07, 6.45) is 8.18. The second-order valence-electron chi connectivity index (χ2n) is 6.45. The van der Waals surface area contributed by atoms with Crippen LogP contribution in [-0.4, -0.2) is 13.1 Å². The first-order chi connectivity index (χ1) is 9.19. The molecule has 3 unspecified atom stereocenters. The van der Waals surface area contributed by atoms with Crippen LogP contribution in [0.2, 0.25) is 0 Å². The summed E-state index contributed by atoms with van der Waals surface area (Å²) < 4.78 is 0. The maximum atomic E-state index is 3.57. The van der Waals surface area contributed by atoms with E-state index in [9.17, 15) is 0 Å². The molecule has 1 aliphatic carbocycles. The average Bonchev–Trinajstić information content (AvgIpc) is 2.42. The second-order valence-corrected chi connectivity index (χ2v) is 6.45. The van der Waals surface area contributed by atoms with Crippen molar-refractivity contribution in [2.24, 2.45) is 11.8 Å². The normalized spacial score (nSPS) is 25.2. The van der Waals surface area contributed by atoms with E-state index in [1.807, 2.05) is 0 Å². The molecule has 106 valence electrons. The van der Waals surface area contributed by atoms with Crippen LogP contribution in [0, 0.1) is 18.8 Å². The summed E-state index contributed by atoms with van der Waals surface area (Å²) in [4.78, 5) is 0. The topological polar surface area (TPSA) is 12.0 Å². The Labute approximate surface area is 118 Å². The lowest BCUT2D eigenvalue weighted by atomic mass is 9.77. The zero-order valence-electron chi connectivity index (χ0n) is 12.8. The van der Waals surface area contributed by atoms with Crippen LogP contribution >= 0.6 is 0 Å². The molecule has 0 heterocycles. The van der Waals surface area contributed by atoms with Crippen LogP contribution < -0.4 is 5.32 Å². The second kappa shape index (κ2) is 7.09. The van der Waals surface area contributed by atoms with Crippen molar-refractivity contribution >= 4 is 0 Å². The van der Waals surface area contributed by atoms with Gasteiger partial charge in [0, 0.05) is 6.04 Å². The fourth-order valence-corrected chi connectivity index (χ4v) is 3.54. The Morgan fingerprint density at radius 2 is 1.95 bits per heavy atom. The molecule has 3 atom stereocenters. The minimum absolute atomic E-state index is 0.698. The molecule has 0 amide bonds. The van der Waals surface area contributed by atoms with Crippen LogP contribution in [0.5, 0.6) is 0 Å². The molecule has 0 radical (unpaired) electrons. The average molecular weight is 259 g/mol. The standard InChI is InChI=1S/C18H29N/c1-14-7-9-16(10-8-14)11-12-18(19-3)17-6-4-5-15(2)13-17/h7-10,15,17-19H,4-6,11-13H2,1-3H3. The quantitative estimate of drug-likeness (QED) is 0.829. The summed E-state index contributed by atoms with van der Waals surface area (Å²) in [6, 6.07) is 9.72. The van der Waals surface area contributed by atoms with Gasteiger partial charge in [-0.3, -0.25) is 0 Å². The lowest BCUT2D eigenvalue weighted by Crippen LogP contribution is -2.36. The van der Waals surface area contributed by atoms with Gasteiger partial charge in [-0.05, 0) is 57.1 Å². The first-order valence-corrected chi connectivity index (χ1v) is 7.92.